The number of fused-ring (bicyclic) bond motifs is 1. The number of nitrogens with zero attached hydrogens (tertiary/aromatic N) is 3. The van der Waals surface area contributed by atoms with E-state index in [0.29, 0.717) is 42.7 Å². The molecule has 2 heterocycles. The largest absolute Gasteiger partial charge is 0.494 e. The molecule has 3 aromatic rings. The predicted octanol–water partition coefficient (Wildman–Crippen LogP) is 5.25. The van der Waals surface area contributed by atoms with Crippen LogP contribution in [0.4, 0.5) is 5.13 Å². The van der Waals surface area contributed by atoms with Gasteiger partial charge in [0.05, 0.1) is 29.4 Å². The Kier molecular flexibility index (Phi) is 8.84. The van der Waals surface area contributed by atoms with Crippen molar-refractivity contribution in [2.45, 2.75) is 57.5 Å². The Hall–Kier alpha value is -2.53. The number of sulfonamides is 1. The molecule has 37 heavy (non-hydrogen) atoms. The third-order valence-electron chi connectivity index (χ3n) is 6.65. The van der Waals surface area contributed by atoms with Crippen LogP contribution in [0.3, 0.4) is 0 Å². The van der Waals surface area contributed by atoms with Crippen molar-refractivity contribution < 1.29 is 22.7 Å². The Labute approximate surface area is 223 Å². The van der Waals surface area contributed by atoms with Crippen molar-refractivity contribution >= 4 is 42.6 Å². The standard InChI is InChI=1S/C27H35N3O5S2/c1-5-7-16-29(6-2)37(32,33)22-13-11-20(12-14-22)26(31)30(18-21-9-8-17-35-21)27-28-24-23(34-4)15-10-19(3)25(24)36-27/h10-15,21H,5-9,16-18H2,1-4H3. The second-order valence-corrected chi connectivity index (χ2v) is 12.1. The van der Waals surface area contributed by atoms with Gasteiger partial charge >= 0.3 is 0 Å². The molecule has 1 atom stereocenters. The van der Waals surface area contributed by atoms with Gasteiger partial charge in [-0.05, 0) is 62.1 Å². The minimum absolute atomic E-state index is 0.0738. The molecule has 1 amide bonds. The van der Waals surface area contributed by atoms with E-state index < -0.39 is 10.0 Å². The van der Waals surface area contributed by atoms with Gasteiger partial charge in [0.2, 0.25) is 10.0 Å². The molecule has 200 valence electrons. The molecule has 1 unspecified atom stereocenters. The summed E-state index contributed by atoms with van der Waals surface area (Å²) in [5, 5.41) is 0.566. The first-order valence-corrected chi connectivity index (χ1v) is 15.0. The molecular formula is C27H35N3O5S2. The van der Waals surface area contributed by atoms with Crippen molar-refractivity contribution in [3.05, 3.63) is 47.5 Å². The maximum Gasteiger partial charge on any atom is 0.260 e. The quantitative estimate of drug-likeness (QED) is 0.327. The number of hydrogen-bond donors (Lipinski definition) is 0. The molecule has 0 aliphatic carbocycles. The van der Waals surface area contributed by atoms with Gasteiger partial charge in [-0.1, -0.05) is 37.7 Å². The molecule has 4 rings (SSSR count). The summed E-state index contributed by atoms with van der Waals surface area (Å²) < 4.78 is 40.0. The predicted molar refractivity (Wildman–Crippen MR) is 147 cm³/mol. The molecule has 1 saturated heterocycles. The lowest BCUT2D eigenvalue weighted by Crippen LogP contribution is -2.37. The highest BCUT2D eigenvalue weighted by Crippen LogP contribution is 2.37. The molecule has 1 aliphatic heterocycles. The third-order valence-corrected chi connectivity index (χ3v) is 9.85. The summed E-state index contributed by atoms with van der Waals surface area (Å²) in [6.45, 7) is 7.81. The van der Waals surface area contributed by atoms with Crippen molar-refractivity contribution in [3.8, 4) is 5.75 Å². The Morgan fingerprint density at radius 2 is 1.95 bits per heavy atom. The Morgan fingerprint density at radius 1 is 1.19 bits per heavy atom. The minimum atomic E-state index is -3.62. The number of rotatable bonds is 11. The van der Waals surface area contributed by atoms with Gasteiger partial charge in [-0.2, -0.15) is 4.31 Å². The number of carbonyl (C=O) groups excluding carboxylic acids is 1. The summed E-state index contributed by atoms with van der Waals surface area (Å²) in [4.78, 5) is 20.4. The average Bonchev–Trinajstić information content (AvgIpc) is 3.58. The minimum Gasteiger partial charge on any atom is -0.494 e. The van der Waals surface area contributed by atoms with E-state index in [0.717, 1.165) is 41.5 Å². The number of amides is 1. The van der Waals surface area contributed by atoms with Crippen LogP contribution in [0.25, 0.3) is 10.2 Å². The van der Waals surface area contributed by atoms with Crippen LogP contribution in [-0.4, -0.2) is 63.1 Å². The number of benzene rings is 2. The van der Waals surface area contributed by atoms with Gasteiger partial charge in [0.1, 0.15) is 11.3 Å². The topological polar surface area (TPSA) is 89.0 Å². The first-order chi connectivity index (χ1) is 17.8. The zero-order valence-corrected chi connectivity index (χ0v) is 23.5. The van der Waals surface area contributed by atoms with Gasteiger partial charge in [-0.3, -0.25) is 9.69 Å². The number of carbonyl (C=O) groups is 1. The van der Waals surface area contributed by atoms with E-state index in [1.807, 2.05) is 32.9 Å². The fraction of sp³-hybridized carbons (Fsp3) is 0.481. The second kappa shape index (κ2) is 11.9. The first-order valence-electron chi connectivity index (χ1n) is 12.8. The molecule has 0 bridgehead atoms. The van der Waals surface area contributed by atoms with Gasteiger partial charge in [0.25, 0.3) is 5.91 Å². The molecule has 1 fully saturated rings. The highest BCUT2D eigenvalue weighted by atomic mass is 32.2. The van der Waals surface area contributed by atoms with Crippen LogP contribution in [0.15, 0.2) is 41.3 Å². The lowest BCUT2D eigenvalue weighted by Gasteiger charge is -2.23. The van der Waals surface area contributed by atoms with Crippen LogP contribution < -0.4 is 9.64 Å². The molecule has 0 spiro atoms. The highest BCUT2D eigenvalue weighted by molar-refractivity contribution is 7.89. The lowest BCUT2D eigenvalue weighted by molar-refractivity contribution is 0.0917. The van der Waals surface area contributed by atoms with Crippen molar-refractivity contribution in [1.29, 1.82) is 0 Å². The molecule has 1 aliphatic rings. The fourth-order valence-corrected chi connectivity index (χ4v) is 7.02. The molecule has 0 saturated carbocycles. The summed E-state index contributed by atoms with van der Waals surface area (Å²) in [6.07, 6.45) is 3.47. The third kappa shape index (κ3) is 5.82. The van der Waals surface area contributed by atoms with E-state index >= 15 is 0 Å². The number of ether oxygens (including phenoxy) is 2. The molecule has 1 aromatic heterocycles. The number of thiazole rings is 1. The summed E-state index contributed by atoms with van der Waals surface area (Å²) in [6, 6.07) is 10.1. The summed E-state index contributed by atoms with van der Waals surface area (Å²) in [5.74, 6) is 0.416. The molecule has 0 radical (unpaired) electrons. The maximum atomic E-state index is 13.8. The molecular weight excluding hydrogens is 510 g/mol. The van der Waals surface area contributed by atoms with Crippen LogP contribution in [-0.2, 0) is 14.8 Å². The molecule has 0 N–H and O–H groups in total. The Balaban J connectivity index is 1.66. The first kappa shape index (κ1) is 27.5. The van der Waals surface area contributed by atoms with Crippen LogP contribution in [0.5, 0.6) is 5.75 Å². The maximum absolute atomic E-state index is 13.8. The fourth-order valence-electron chi connectivity index (χ4n) is 4.48. The zero-order chi connectivity index (χ0) is 26.6. The van der Waals surface area contributed by atoms with Crippen molar-refractivity contribution in [1.82, 2.24) is 9.29 Å². The van der Waals surface area contributed by atoms with Gasteiger partial charge in [-0.25, -0.2) is 13.4 Å². The Bertz CT molecular complexity index is 1330. The zero-order valence-electron chi connectivity index (χ0n) is 21.9. The van der Waals surface area contributed by atoms with Crippen molar-refractivity contribution in [2.75, 3.05) is 38.3 Å². The van der Waals surface area contributed by atoms with Crippen molar-refractivity contribution in [2.24, 2.45) is 0 Å². The molecule has 2 aromatic carbocycles. The SMILES string of the molecule is CCCCN(CC)S(=O)(=O)c1ccc(C(=O)N(CC2CCCO2)c2nc3c(OC)ccc(C)c3s2)cc1. The average molecular weight is 546 g/mol. The smallest absolute Gasteiger partial charge is 0.260 e. The number of unbranched alkanes of at least 4 members (excludes halogenated alkanes) is 1. The van der Waals surface area contributed by atoms with Gasteiger partial charge in [0, 0.05) is 25.3 Å². The van der Waals surface area contributed by atoms with E-state index in [2.05, 4.69) is 0 Å². The normalized spacial score (nSPS) is 16.0. The monoisotopic (exact) mass is 545 g/mol. The van der Waals surface area contributed by atoms with Crippen LogP contribution in [0.1, 0.15) is 55.5 Å². The molecule has 10 heteroatoms. The highest BCUT2D eigenvalue weighted by Gasteiger charge is 2.29. The van der Waals surface area contributed by atoms with E-state index in [1.165, 1.54) is 27.8 Å². The van der Waals surface area contributed by atoms with Gasteiger partial charge in [-0.15, -0.1) is 0 Å². The number of methoxy groups -OCH3 is 1. The Morgan fingerprint density at radius 3 is 2.57 bits per heavy atom. The van der Waals surface area contributed by atoms with E-state index in [-0.39, 0.29) is 16.9 Å². The number of aryl methyl sites for hydroxylation is 1. The van der Waals surface area contributed by atoms with Gasteiger partial charge < -0.3 is 9.47 Å². The number of hydrogen-bond acceptors (Lipinski definition) is 7. The van der Waals surface area contributed by atoms with E-state index in [1.54, 1.807) is 24.1 Å². The van der Waals surface area contributed by atoms with E-state index in [9.17, 15) is 13.2 Å². The molecule has 8 nitrogen and oxygen atoms in total. The number of aromatic nitrogens is 1. The number of anilines is 1. The lowest BCUT2D eigenvalue weighted by atomic mass is 10.2. The summed E-state index contributed by atoms with van der Waals surface area (Å²) >= 11 is 1.45. The van der Waals surface area contributed by atoms with Crippen LogP contribution in [0, 0.1) is 6.92 Å². The van der Waals surface area contributed by atoms with Crippen LogP contribution in [0.2, 0.25) is 0 Å². The van der Waals surface area contributed by atoms with Crippen molar-refractivity contribution in [3.63, 3.8) is 0 Å². The van der Waals surface area contributed by atoms with E-state index in [4.69, 9.17) is 14.5 Å². The summed E-state index contributed by atoms with van der Waals surface area (Å²) in [5.41, 5.74) is 2.18. The van der Waals surface area contributed by atoms with Crippen LogP contribution >= 0.6 is 11.3 Å². The summed E-state index contributed by atoms with van der Waals surface area (Å²) in [7, 11) is -2.02. The second-order valence-electron chi connectivity index (χ2n) is 9.18. The van der Waals surface area contributed by atoms with Gasteiger partial charge in [0.15, 0.2) is 5.13 Å².